The van der Waals surface area contributed by atoms with Crippen molar-refractivity contribution in [3.8, 4) is 0 Å². The maximum atomic E-state index is 12.7. The van der Waals surface area contributed by atoms with Gasteiger partial charge >= 0.3 is 6.03 Å². The molecular formula is C18H23N3O. The summed E-state index contributed by atoms with van der Waals surface area (Å²) in [5.74, 6) is 0. The fourth-order valence-electron chi connectivity index (χ4n) is 2.73. The maximum absolute atomic E-state index is 12.7. The van der Waals surface area contributed by atoms with Crippen LogP contribution in [0.5, 0.6) is 0 Å². The number of benzene rings is 1. The summed E-state index contributed by atoms with van der Waals surface area (Å²) in [5, 5.41) is 3.09. The van der Waals surface area contributed by atoms with Crippen molar-refractivity contribution in [3.63, 3.8) is 0 Å². The lowest BCUT2D eigenvalue weighted by Crippen LogP contribution is -2.37. The van der Waals surface area contributed by atoms with Crippen LogP contribution in [-0.4, -0.2) is 21.5 Å². The van der Waals surface area contributed by atoms with E-state index in [0.29, 0.717) is 12.6 Å². The Morgan fingerprint density at radius 1 is 1.27 bits per heavy atom. The van der Waals surface area contributed by atoms with E-state index in [2.05, 4.69) is 28.9 Å². The molecule has 22 heavy (non-hydrogen) atoms. The second kappa shape index (κ2) is 6.26. The number of nitrogens with one attached hydrogen (secondary N) is 1. The third kappa shape index (κ3) is 3.16. The highest BCUT2D eigenvalue weighted by molar-refractivity contribution is 5.90. The molecule has 4 nitrogen and oxygen atoms in total. The van der Waals surface area contributed by atoms with Crippen LogP contribution in [0, 0.1) is 0 Å². The van der Waals surface area contributed by atoms with Gasteiger partial charge in [0.25, 0.3) is 0 Å². The van der Waals surface area contributed by atoms with Gasteiger partial charge in [0.2, 0.25) is 0 Å². The number of aryl methyl sites for hydroxylation is 2. The van der Waals surface area contributed by atoms with Crippen molar-refractivity contribution in [2.24, 2.45) is 7.05 Å². The second-order valence-electron chi connectivity index (χ2n) is 5.91. The zero-order chi connectivity index (χ0) is 15.5. The van der Waals surface area contributed by atoms with Crippen LogP contribution in [0.2, 0.25) is 0 Å². The number of anilines is 1. The van der Waals surface area contributed by atoms with E-state index in [4.69, 9.17) is 0 Å². The fraction of sp³-hybridized carbons (Fsp3) is 0.389. The molecule has 0 saturated heterocycles. The van der Waals surface area contributed by atoms with Crippen molar-refractivity contribution in [1.29, 1.82) is 0 Å². The Kier molecular flexibility index (Phi) is 4.18. The van der Waals surface area contributed by atoms with Gasteiger partial charge in [-0.2, -0.15) is 0 Å². The average Bonchev–Trinajstić information content (AvgIpc) is 3.28. The molecule has 0 unspecified atom stereocenters. The minimum absolute atomic E-state index is 0.00426. The lowest BCUT2D eigenvalue weighted by molar-refractivity contribution is 0.205. The topological polar surface area (TPSA) is 37.3 Å². The highest BCUT2D eigenvalue weighted by Crippen LogP contribution is 2.29. The molecule has 1 aliphatic rings. The molecule has 0 radical (unpaired) electrons. The van der Waals surface area contributed by atoms with Crippen LogP contribution in [0.3, 0.4) is 0 Å². The Balaban J connectivity index is 1.74. The van der Waals surface area contributed by atoms with E-state index >= 15 is 0 Å². The normalized spacial score (nSPS) is 13.9. The SMILES string of the molecule is CCc1ccccc1NC(=O)N(Cc1cccn1C)C1CC1. The summed E-state index contributed by atoms with van der Waals surface area (Å²) in [6, 6.07) is 12.5. The van der Waals surface area contributed by atoms with E-state index in [9.17, 15) is 4.79 Å². The van der Waals surface area contributed by atoms with E-state index in [1.807, 2.05) is 42.4 Å². The molecule has 0 bridgehead atoms. The van der Waals surface area contributed by atoms with Crippen LogP contribution >= 0.6 is 0 Å². The molecule has 1 fully saturated rings. The van der Waals surface area contributed by atoms with Gasteiger partial charge in [0.05, 0.1) is 6.54 Å². The van der Waals surface area contributed by atoms with Gasteiger partial charge in [-0.1, -0.05) is 25.1 Å². The molecule has 1 aliphatic carbocycles. The predicted molar refractivity (Wildman–Crippen MR) is 88.8 cm³/mol. The minimum atomic E-state index is 0.00426. The zero-order valence-corrected chi connectivity index (χ0v) is 13.2. The third-order valence-electron chi connectivity index (χ3n) is 4.27. The van der Waals surface area contributed by atoms with Crippen LogP contribution in [-0.2, 0) is 20.0 Å². The maximum Gasteiger partial charge on any atom is 0.322 e. The van der Waals surface area contributed by atoms with Crippen LogP contribution in [0.25, 0.3) is 0 Å². The first-order chi connectivity index (χ1) is 10.7. The minimum Gasteiger partial charge on any atom is -0.353 e. The van der Waals surface area contributed by atoms with Crippen molar-refractivity contribution in [3.05, 3.63) is 53.9 Å². The van der Waals surface area contributed by atoms with Gasteiger partial charge in [-0.05, 0) is 43.0 Å². The van der Waals surface area contributed by atoms with Crippen LogP contribution in [0.1, 0.15) is 31.0 Å². The highest BCUT2D eigenvalue weighted by atomic mass is 16.2. The number of para-hydroxylation sites is 1. The fourth-order valence-corrected chi connectivity index (χ4v) is 2.73. The Labute approximate surface area is 131 Å². The highest BCUT2D eigenvalue weighted by Gasteiger charge is 2.33. The molecule has 1 heterocycles. The Morgan fingerprint density at radius 2 is 2.05 bits per heavy atom. The number of rotatable bonds is 5. The molecule has 1 aromatic heterocycles. The number of hydrogen-bond donors (Lipinski definition) is 1. The van der Waals surface area contributed by atoms with Gasteiger partial charge in [-0.25, -0.2) is 4.79 Å². The smallest absolute Gasteiger partial charge is 0.322 e. The molecule has 0 spiro atoms. The number of hydrogen-bond acceptors (Lipinski definition) is 1. The monoisotopic (exact) mass is 297 g/mol. The average molecular weight is 297 g/mol. The molecule has 116 valence electrons. The lowest BCUT2D eigenvalue weighted by Gasteiger charge is -2.24. The van der Waals surface area contributed by atoms with Crippen molar-refractivity contribution >= 4 is 11.7 Å². The third-order valence-corrected chi connectivity index (χ3v) is 4.27. The molecule has 3 rings (SSSR count). The van der Waals surface area contributed by atoms with Crippen molar-refractivity contribution < 1.29 is 4.79 Å². The van der Waals surface area contributed by atoms with Gasteiger partial charge in [0.15, 0.2) is 0 Å². The Morgan fingerprint density at radius 3 is 2.68 bits per heavy atom. The molecular weight excluding hydrogens is 274 g/mol. The number of nitrogens with zero attached hydrogens (tertiary/aromatic N) is 2. The molecule has 0 aliphatic heterocycles. The second-order valence-corrected chi connectivity index (χ2v) is 5.91. The van der Waals surface area contributed by atoms with Crippen LogP contribution in [0.4, 0.5) is 10.5 Å². The van der Waals surface area contributed by atoms with Gasteiger partial charge in [-0.15, -0.1) is 0 Å². The molecule has 2 aromatic rings. The van der Waals surface area contributed by atoms with E-state index in [-0.39, 0.29) is 6.03 Å². The largest absolute Gasteiger partial charge is 0.353 e. The molecule has 1 aromatic carbocycles. The summed E-state index contributed by atoms with van der Waals surface area (Å²) >= 11 is 0. The van der Waals surface area contributed by atoms with E-state index in [0.717, 1.165) is 30.6 Å². The lowest BCUT2D eigenvalue weighted by atomic mass is 10.1. The molecule has 1 N–H and O–H groups in total. The number of aromatic nitrogens is 1. The van der Waals surface area contributed by atoms with Crippen molar-refractivity contribution in [2.45, 2.75) is 38.8 Å². The first kappa shape index (κ1) is 14.7. The Hall–Kier alpha value is -2.23. The molecule has 0 atom stereocenters. The van der Waals surface area contributed by atoms with E-state index in [1.54, 1.807) is 0 Å². The summed E-state index contributed by atoms with van der Waals surface area (Å²) in [5.41, 5.74) is 3.25. The summed E-state index contributed by atoms with van der Waals surface area (Å²) in [4.78, 5) is 14.7. The summed E-state index contributed by atoms with van der Waals surface area (Å²) in [7, 11) is 2.02. The van der Waals surface area contributed by atoms with Crippen LogP contribution in [0.15, 0.2) is 42.6 Å². The number of urea groups is 1. The van der Waals surface area contributed by atoms with Crippen molar-refractivity contribution in [1.82, 2.24) is 9.47 Å². The van der Waals surface area contributed by atoms with E-state index < -0.39 is 0 Å². The first-order valence-electron chi connectivity index (χ1n) is 7.94. The summed E-state index contributed by atoms with van der Waals surface area (Å²) in [6.45, 7) is 2.77. The molecule has 1 saturated carbocycles. The van der Waals surface area contributed by atoms with Crippen LogP contribution < -0.4 is 5.32 Å². The molecule has 4 heteroatoms. The van der Waals surface area contributed by atoms with Gasteiger partial charge in [-0.3, -0.25) is 0 Å². The summed E-state index contributed by atoms with van der Waals surface area (Å²) in [6.07, 6.45) is 5.14. The molecule has 2 amide bonds. The Bertz CT molecular complexity index is 658. The number of carbonyl (C=O) groups is 1. The summed E-state index contributed by atoms with van der Waals surface area (Å²) < 4.78 is 2.07. The zero-order valence-electron chi connectivity index (χ0n) is 13.2. The van der Waals surface area contributed by atoms with E-state index in [1.165, 1.54) is 5.56 Å². The standard InChI is InChI=1S/C18H23N3O/c1-3-14-7-4-5-9-17(14)19-18(22)21(15-10-11-15)13-16-8-6-12-20(16)2/h4-9,12,15H,3,10-11,13H2,1-2H3,(H,19,22). The van der Waals surface area contributed by atoms with Gasteiger partial charge in [0.1, 0.15) is 0 Å². The predicted octanol–water partition coefficient (Wildman–Crippen LogP) is 3.78. The van der Waals surface area contributed by atoms with Crippen molar-refractivity contribution in [2.75, 3.05) is 5.32 Å². The quantitative estimate of drug-likeness (QED) is 0.896. The van der Waals surface area contributed by atoms with Gasteiger partial charge < -0.3 is 14.8 Å². The number of amides is 2. The van der Waals surface area contributed by atoms with Gasteiger partial charge in [0, 0.05) is 30.7 Å². The first-order valence-corrected chi connectivity index (χ1v) is 7.94. The number of carbonyl (C=O) groups excluding carboxylic acids is 1.